The third kappa shape index (κ3) is 24.7. The van der Waals surface area contributed by atoms with Crippen molar-refractivity contribution in [1.29, 1.82) is 0 Å². The van der Waals surface area contributed by atoms with Gasteiger partial charge in [0, 0.05) is 0 Å². The van der Waals surface area contributed by atoms with E-state index in [2.05, 4.69) is 6.92 Å². The Hall–Kier alpha value is 1.01. The van der Waals surface area contributed by atoms with E-state index in [-0.39, 0.29) is 0 Å². The number of halogens is 2. The van der Waals surface area contributed by atoms with Gasteiger partial charge in [0.2, 0.25) is 0 Å². The number of unbranched alkanes of at least 4 members (excludes halogenated alkanes) is 4. The molecule has 3 heteroatoms. The van der Waals surface area contributed by atoms with Crippen LogP contribution in [-0.4, -0.2) is 0 Å². The molecule has 0 fully saturated rings. The van der Waals surface area contributed by atoms with Gasteiger partial charge in [0.25, 0.3) is 0 Å². The summed E-state index contributed by atoms with van der Waals surface area (Å²) >= 11 is -0.472. The molecule has 0 bridgehead atoms. The molecule has 0 aliphatic heterocycles. The standard InChI is InChI=1S/C8H15.2ClH.Pt/c1-3-5-7-8-6-4-2;;;/h1,3H,4-8H2,2H3;2*1H;/q-1;;;+2/p-2. The average Bonchev–Trinajstić information content (AvgIpc) is 2.00. The SMILES string of the molecule is [CH-]=CCCCCCC.[Cl][Pt][Cl]. The molecule has 0 amide bonds. The topological polar surface area (TPSA) is 0 Å². The van der Waals surface area contributed by atoms with Gasteiger partial charge in [-0.2, -0.15) is 0 Å². The Morgan fingerprint density at radius 1 is 1.27 bits per heavy atom. The molecule has 0 aliphatic carbocycles. The molecule has 0 saturated carbocycles. The number of hydrogen-bond donors (Lipinski definition) is 0. The summed E-state index contributed by atoms with van der Waals surface area (Å²) in [6.45, 7) is 7.40. The first-order valence-electron chi connectivity index (χ1n) is 3.69. The second kappa shape index (κ2) is 17.2. The summed E-state index contributed by atoms with van der Waals surface area (Å²) in [5, 5.41) is 0. The monoisotopic (exact) mass is 376 g/mol. The van der Waals surface area contributed by atoms with Crippen LogP contribution in [0.3, 0.4) is 0 Å². The predicted molar refractivity (Wildman–Crippen MR) is 49.3 cm³/mol. The Balaban J connectivity index is 0. The third-order valence-corrected chi connectivity index (χ3v) is 1.22. The minimum absolute atomic E-state index is 0.472. The van der Waals surface area contributed by atoms with Gasteiger partial charge in [-0.1, -0.05) is 39.0 Å². The zero-order valence-corrected chi connectivity index (χ0v) is 10.5. The van der Waals surface area contributed by atoms with Crippen LogP contribution in [0, 0.1) is 6.58 Å². The maximum absolute atomic E-state index is 5.19. The summed E-state index contributed by atoms with van der Waals surface area (Å²) < 4.78 is 0. The van der Waals surface area contributed by atoms with Crippen molar-refractivity contribution in [1.82, 2.24) is 0 Å². The fraction of sp³-hybridized carbons (Fsp3) is 0.750. The summed E-state index contributed by atoms with van der Waals surface area (Å²) in [6, 6.07) is 0. The van der Waals surface area contributed by atoms with Crippen molar-refractivity contribution < 1.29 is 16.5 Å². The molecule has 0 rings (SSSR count). The van der Waals surface area contributed by atoms with E-state index < -0.39 is 16.5 Å². The summed E-state index contributed by atoms with van der Waals surface area (Å²) in [6.07, 6.45) is 8.10. The number of allylic oxidation sites excluding steroid dienone is 1. The Kier molecular flexibility index (Phi) is 22.7. The van der Waals surface area contributed by atoms with E-state index in [9.17, 15) is 0 Å². The van der Waals surface area contributed by atoms with E-state index in [0.29, 0.717) is 0 Å². The van der Waals surface area contributed by atoms with Crippen LogP contribution in [0.1, 0.15) is 39.0 Å². The van der Waals surface area contributed by atoms with Gasteiger partial charge in [0.15, 0.2) is 0 Å². The van der Waals surface area contributed by atoms with Gasteiger partial charge in [-0.05, 0) is 0 Å². The Morgan fingerprint density at radius 2 is 1.82 bits per heavy atom. The summed E-state index contributed by atoms with van der Waals surface area (Å²) in [5.74, 6) is 0. The summed E-state index contributed by atoms with van der Waals surface area (Å²) in [5.41, 5.74) is 0. The Morgan fingerprint density at radius 3 is 2.18 bits per heavy atom. The minimum atomic E-state index is -0.472. The van der Waals surface area contributed by atoms with E-state index in [1.807, 2.05) is 0 Å². The molecule has 11 heavy (non-hydrogen) atoms. The van der Waals surface area contributed by atoms with Crippen LogP contribution < -0.4 is 0 Å². The molecule has 0 radical (unpaired) electrons. The molecule has 0 aromatic rings. The number of hydrogen-bond acceptors (Lipinski definition) is 0. The molecular weight excluding hydrogens is 362 g/mol. The van der Waals surface area contributed by atoms with Gasteiger partial charge in [-0.3, -0.25) is 6.08 Å². The fourth-order valence-electron chi connectivity index (χ4n) is 0.689. The van der Waals surface area contributed by atoms with Crippen LogP contribution in [-0.2, 0) is 16.5 Å². The molecule has 0 N–H and O–H groups in total. The molecule has 0 aromatic carbocycles. The molecule has 0 aromatic heterocycles. The van der Waals surface area contributed by atoms with Gasteiger partial charge < -0.3 is 6.58 Å². The molecular formula is C8H15Cl2Pt-. The number of rotatable bonds is 5. The third-order valence-electron chi connectivity index (χ3n) is 1.22. The van der Waals surface area contributed by atoms with Gasteiger partial charge >= 0.3 is 35.3 Å². The average molecular weight is 377 g/mol. The van der Waals surface area contributed by atoms with Crippen LogP contribution in [0.15, 0.2) is 6.08 Å². The van der Waals surface area contributed by atoms with Crippen molar-refractivity contribution in [3.63, 3.8) is 0 Å². The van der Waals surface area contributed by atoms with Gasteiger partial charge in [0.1, 0.15) is 0 Å². The maximum atomic E-state index is 5.19. The first-order valence-corrected chi connectivity index (χ1v) is 9.32. The van der Waals surface area contributed by atoms with Crippen molar-refractivity contribution in [3.05, 3.63) is 12.7 Å². The Bertz CT molecular complexity index is 67.1. The van der Waals surface area contributed by atoms with E-state index in [0.717, 1.165) is 6.42 Å². The quantitative estimate of drug-likeness (QED) is 0.495. The van der Waals surface area contributed by atoms with Gasteiger partial charge in [0.05, 0.1) is 0 Å². The van der Waals surface area contributed by atoms with E-state index >= 15 is 0 Å². The van der Waals surface area contributed by atoms with Crippen molar-refractivity contribution >= 4 is 18.8 Å². The molecule has 0 nitrogen and oxygen atoms in total. The Labute approximate surface area is 86.7 Å². The summed E-state index contributed by atoms with van der Waals surface area (Å²) in [4.78, 5) is 0. The summed E-state index contributed by atoms with van der Waals surface area (Å²) in [7, 11) is 9.75. The fourth-order valence-corrected chi connectivity index (χ4v) is 0.689. The normalized spacial score (nSPS) is 8.64. The molecule has 0 unspecified atom stereocenters. The van der Waals surface area contributed by atoms with Gasteiger partial charge in [-0.15, -0.1) is 0 Å². The molecule has 0 saturated heterocycles. The zero-order valence-electron chi connectivity index (χ0n) is 6.76. The van der Waals surface area contributed by atoms with Crippen molar-refractivity contribution in [2.24, 2.45) is 0 Å². The van der Waals surface area contributed by atoms with Crippen LogP contribution in [0.5, 0.6) is 0 Å². The van der Waals surface area contributed by atoms with Crippen molar-refractivity contribution in [2.75, 3.05) is 0 Å². The van der Waals surface area contributed by atoms with Crippen LogP contribution in [0.4, 0.5) is 0 Å². The van der Waals surface area contributed by atoms with Crippen LogP contribution in [0.25, 0.3) is 0 Å². The first kappa shape index (κ1) is 14.5. The van der Waals surface area contributed by atoms with Crippen LogP contribution in [0.2, 0.25) is 0 Å². The molecule has 0 aliphatic rings. The van der Waals surface area contributed by atoms with E-state index in [1.54, 1.807) is 6.08 Å². The van der Waals surface area contributed by atoms with Crippen LogP contribution >= 0.6 is 18.8 Å². The molecule has 72 valence electrons. The molecule has 0 spiro atoms. The van der Waals surface area contributed by atoms with Crippen molar-refractivity contribution in [3.8, 4) is 0 Å². The van der Waals surface area contributed by atoms with E-state index in [4.69, 9.17) is 25.4 Å². The zero-order chi connectivity index (χ0) is 8.95. The van der Waals surface area contributed by atoms with Gasteiger partial charge in [-0.25, -0.2) is 0 Å². The van der Waals surface area contributed by atoms with Crippen molar-refractivity contribution in [2.45, 2.75) is 39.0 Å². The molecule has 0 heterocycles. The molecule has 0 atom stereocenters. The second-order valence-electron chi connectivity index (χ2n) is 2.13. The first-order chi connectivity index (χ1) is 5.33. The predicted octanol–water partition coefficient (Wildman–Crippen LogP) is 4.32. The second-order valence-corrected chi connectivity index (χ2v) is 5.41. The van der Waals surface area contributed by atoms with E-state index in [1.165, 1.54) is 25.7 Å².